The standard InChI is InChI=1S/C21H16N4O3S/c1-12-5-6-15(20-24-16-4-3-9-22-21(16)29-20)11-17(12)23-19(26)14-7-8-18(25(27)28)13(2)10-14/h3-11H,1-2H3,(H,23,26). The zero-order chi connectivity index (χ0) is 20.5. The fourth-order valence-electron chi connectivity index (χ4n) is 2.98. The second-order valence-corrected chi connectivity index (χ2v) is 7.57. The monoisotopic (exact) mass is 404 g/mol. The van der Waals surface area contributed by atoms with Gasteiger partial charge in [0.15, 0.2) is 0 Å². The van der Waals surface area contributed by atoms with Crippen molar-refractivity contribution in [2.45, 2.75) is 13.8 Å². The molecule has 144 valence electrons. The van der Waals surface area contributed by atoms with Gasteiger partial charge in [-0.15, -0.1) is 0 Å². The number of nitro benzene ring substituents is 1. The van der Waals surface area contributed by atoms with Crippen LogP contribution in [0.2, 0.25) is 0 Å². The van der Waals surface area contributed by atoms with Crippen molar-refractivity contribution in [2.24, 2.45) is 0 Å². The van der Waals surface area contributed by atoms with Crippen molar-refractivity contribution >= 4 is 39.0 Å². The summed E-state index contributed by atoms with van der Waals surface area (Å²) in [6.07, 6.45) is 1.73. The summed E-state index contributed by atoms with van der Waals surface area (Å²) in [5.74, 6) is -0.325. The summed E-state index contributed by atoms with van der Waals surface area (Å²) in [7, 11) is 0. The molecule has 4 aromatic rings. The van der Waals surface area contributed by atoms with Crippen LogP contribution in [0.1, 0.15) is 21.5 Å². The molecule has 8 heteroatoms. The number of fused-ring (bicyclic) bond motifs is 1. The lowest BCUT2D eigenvalue weighted by molar-refractivity contribution is -0.385. The highest BCUT2D eigenvalue weighted by atomic mass is 32.1. The van der Waals surface area contributed by atoms with Crippen LogP contribution in [0.4, 0.5) is 11.4 Å². The quantitative estimate of drug-likeness (QED) is 0.375. The van der Waals surface area contributed by atoms with Gasteiger partial charge in [-0.1, -0.05) is 23.5 Å². The van der Waals surface area contributed by atoms with Crippen LogP contribution in [0.15, 0.2) is 54.7 Å². The van der Waals surface area contributed by atoms with Gasteiger partial charge < -0.3 is 5.32 Å². The molecule has 1 amide bonds. The molecule has 0 saturated heterocycles. The number of hydrogen-bond acceptors (Lipinski definition) is 6. The Balaban J connectivity index is 1.63. The summed E-state index contributed by atoms with van der Waals surface area (Å²) in [5, 5.41) is 14.7. The Hall–Kier alpha value is -3.65. The number of anilines is 1. The van der Waals surface area contributed by atoms with Crippen molar-refractivity contribution in [3.8, 4) is 10.6 Å². The van der Waals surface area contributed by atoms with Crippen LogP contribution in [0.25, 0.3) is 20.9 Å². The zero-order valence-electron chi connectivity index (χ0n) is 15.7. The summed E-state index contributed by atoms with van der Waals surface area (Å²) in [6, 6.07) is 13.8. The first-order valence-electron chi connectivity index (χ1n) is 8.81. The lowest BCUT2D eigenvalue weighted by Gasteiger charge is -2.10. The normalized spacial score (nSPS) is 10.8. The lowest BCUT2D eigenvalue weighted by Crippen LogP contribution is -2.13. The van der Waals surface area contributed by atoms with Crippen molar-refractivity contribution in [3.05, 3.63) is 81.5 Å². The minimum Gasteiger partial charge on any atom is -0.322 e. The van der Waals surface area contributed by atoms with E-state index in [4.69, 9.17) is 0 Å². The highest BCUT2D eigenvalue weighted by Gasteiger charge is 2.15. The van der Waals surface area contributed by atoms with E-state index in [9.17, 15) is 14.9 Å². The van der Waals surface area contributed by atoms with Crippen molar-refractivity contribution in [3.63, 3.8) is 0 Å². The highest BCUT2D eigenvalue weighted by molar-refractivity contribution is 7.21. The molecule has 29 heavy (non-hydrogen) atoms. The van der Waals surface area contributed by atoms with Crippen molar-refractivity contribution < 1.29 is 9.72 Å². The van der Waals surface area contributed by atoms with Gasteiger partial charge in [0.1, 0.15) is 15.4 Å². The molecule has 2 aromatic carbocycles. The number of nitrogens with zero attached hydrogens (tertiary/aromatic N) is 3. The van der Waals surface area contributed by atoms with Crippen LogP contribution in [-0.2, 0) is 0 Å². The minimum atomic E-state index is -0.461. The second-order valence-electron chi connectivity index (χ2n) is 6.59. The number of pyridine rings is 1. The maximum atomic E-state index is 12.7. The Kier molecular flexibility index (Phi) is 4.77. The summed E-state index contributed by atoms with van der Waals surface area (Å²) in [5.41, 5.74) is 4.07. The SMILES string of the molecule is Cc1ccc(-c2nc3cccnc3s2)cc1NC(=O)c1ccc([N+](=O)[O-])c(C)c1. The van der Waals surface area contributed by atoms with Crippen molar-refractivity contribution in [2.75, 3.05) is 5.32 Å². The fraction of sp³-hybridized carbons (Fsp3) is 0.0952. The largest absolute Gasteiger partial charge is 0.322 e. The number of aryl methyl sites for hydroxylation is 2. The topological polar surface area (TPSA) is 98.0 Å². The Labute approximate surface area is 170 Å². The molecule has 0 spiro atoms. The van der Waals surface area contributed by atoms with Crippen LogP contribution < -0.4 is 5.32 Å². The fourth-order valence-corrected chi connectivity index (χ4v) is 3.88. The maximum Gasteiger partial charge on any atom is 0.272 e. The number of benzene rings is 2. The van der Waals surface area contributed by atoms with Crippen molar-refractivity contribution in [1.82, 2.24) is 9.97 Å². The Morgan fingerprint density at radius 3 is 2.66 bits per heavy atom. The van der Waals surface area contributed by atoms with E-state index >= 15 is 0 Å². The van der Waals surface area contributed by atoms with Gasteiger partial charge >= 0.3 is 0 Å². The number of nitro groups is 1. The van der Waals surface area contributed by atoms with Crippen LogP contribution >= 0.6 is 11.3 Å². The molecule has 0 saturated carbocycles. The molecule has 0 fully saturated rings. The Morgan fingerprint density at radius 2 is 1.93 bits per heavy atom. The van der Waals surface area contributed by atoms with Gasteiger partial charge in [0.05, 0.1) is 4.92 Å². The second kappa shape index (κ2) is 7.40. The van der Waals surface area contributed by atoms with Gasteiger partial charge in [0.25, 0.3) is 11.6 Å². The van der Waals surface area contributed by atoms with E-state index in [0.29, 0.717) is 16.8 Å². The number of thiazole rings is 1. The van der Waals surface area contributed by atoms with E-state index in [0.717, 1.165) is 26.5 Å². The van der Waals surface area contributed by atoms with Crippen LogP contribution in [-0.4, -0.2) is 20.8 Å². The summed E-state index contributed by atoms with van der Waals surface area (Å²) >= 11 is 1.49. The smallest absolute Gasteiger partial charge is 0.272 e. The molecule has 0 unspecified atom stereocenters. The number of hydrogen-bond donors (Lipinski definition) is 1. The van der Waals surface area contributed by atoms with E-state index in [1.54, 1.807) is 13.1 Å². The number of aromatic nitrogens is 2. The number of nitrogens with one attached hydrogen (secondary N) is 1. The van der Waals surface area contributed by atoms with Crippen LogP contribution in [0.5, 0.6) is 0 Å². The molecular weight excluding hydrogens is 388 g/mol. The number of amides is 1. The average Bonchev–Trinajstić information content (AvgIpc) is 3.13. The molecule has 1 N–H and O–H groups in total. The van der Waals surface area contributed by atoms with Crippen molar-refractivity contribution in [1.29, 1.82) is 0 Å². The highest BCUT2D eigenvalue weighted by Crippen LogP contribution is 2.31. The molecule has 2 aromatic heterocycles. The van der Waals surface area contributed by atoms with E-state index in [1.807, 2.05) is 37.3 Å². The maximum absolute atomic E-state index is 12.7. The van der Waals surface area contributed by atoms with Gasteiger partial charge in [-0.05, 0) is 49.7 Å². The van der Waals surface area contributed by atoms with E-state index in [2.05, 4.69) is 15.3 Å². The predicted octanol–water partition coefficient (Wildman–Crippen LogP) is 5.14. The third-order valence-corrected chi connectivity index (χ3v) is 5.58. The summed E-state index contributed by atoms with van der Waals surface area (Å²) < 4.78 is 0. The Bertz CT molecular complexity index is 1230. The molecule has 0 radical (unpaired) electrons. The summed E-state index contributed by atoms with van der Waals surface area (Å²) in [6.45, 7) is 3.52. The molecule has 2 heterocycles. The molecule has 7 nitrogen and oxygen atoms in total. The van der Waals surface area contributed by atoms with Crippen LogP contribution in [0, 0.1) is 24.0 Å². The van der Waals surface area contributed by atoms with E-state index in [1.165, 1.54) is 29.5 Å². The van der Waals surface area contributed by atoms with E-state index in [-0.39, 0.29) is 11.6 Å². The molecule has 0 aliphatic carbocycles. The molecule has 4 rings (SSSR count). The molecule has 0 aliphatic heterocycles. The van der Waals surface area contributed by atoms with Gasteiger partial charge in [-0.2, -0.15) is 0 Å². The van der Waals surface area contributed by atoms with Gasteiger partial charge in [0, 0.05) is 34.6 Å². The average molecular weight is 404 g/mol. The summed E-state index contributed by atoms with van der Waals surface area (Å²) in [4.78, 5) is 33.0. The third kappa shape index (κ3) is 3.70. The number of rotatable bonds is 4. The first-order valence-corrected chi connectivity index (χ1v) is 9.63. The lowest BCUT2D eigenvalue weighted by atomic mass is 10.1. The van der Waals surface area contributed by atoms with Crippen LogP contribution in [0.3, 0.4) is 0 Å². The first kappa shape index (κ1) is 18.7. The van der Waals surface area contributed by atoms with Gasteiger partial charge in [-0.25, -0.2) is 9.97 Å². The molecular formula is C21H16N4O3S. The molecule has 0 atom stereocenters. The van der Waals surface area contributed by atoms with E-state index < -0.39 is 4.92 Å². The number of carbonyl (C=O) groups is 1. The molecule has 0 bridgehead atoms. The van der Waals surface area contributed by atoms with Gasteiger partial charge in [-0.3, -0.25) is 14.9 Å². The first-order chi connectivity index (χ1) is 13.9. The molecule has 0 aliphatic rings. The van der Waals surface area contributed by atoms with Gasteiger partial charge in [0.2, 0.25) is 0 Å². The Morgan fingerprint density at radius 1 is 1.10 bits per heavy atom. The zero-order valence-corrected chi connectivity index (χ0v) is 16.5. The predicted molar refractivity (Wildman–Crippen MR) is 113 cm³/mol. The minimum absolute atomic E-state index is 0.0100. The third-order valence-electron chi connectivity index (χ3n) is 4.55. The number of carbonyl (C=O) groups excluding carboxylic acids is 1.